The Morgan fingerprint density at radius 3 is 2.54 bits per heavy atom. The largest absolute Gasteiger partial charge is 0.478 e. The van der Waals surface area contributed by atoms with E-state index in [0.717, 1.165) is 11.8 Å². The van der Waals surface area contributed by atoms with Crippen molar-refractivity contribution in [1.29, 1.82) is 0 Å². The van der Waals surface area contributed by atoms with Gasteiger partial charge in [0.25, 0.3) is 6.01 Å². The van der Waals surface area contributed by atoms with Gasteiger partial charge in [-0.1, -0.05) is 67.5 Å². The van der Waals surface area contributed by atoms with Gasteiger partial charge in [0.15, 0.2) is 10.3 Å². The lowest BCUT2D eigenvalue weighted by Crippen LogP contribution is -2.34. The van der Waals surface area contributed by atoms with Crippen LogP contribution in [0.5, 0.6) is 6.01 Å². The molecule has 208 valence electrons. The van der Waals surface area contributed by atoms with Gasteiger partial charge in [0.1, 0.15) is 5.82 Å². The first kappa shape index (κ1) is 30.2. The number of aromatic nitrogens is 2. The molecule has 0 spiro atoms. The van der Waals surface area contributed by atoms with Crippen LogP contribution in [-0.4, -0.2) is 43.5 Å². The van der Waals surface area contributed by atoms with E-state index in [-0.39, 0.29) is 53.4 Å². The number of benzene rings is 2. The Morgan fingerprint density at radius 2 is 1.92 bits per heavy atom. The Kier molecular flexibility index (Phi) is 10.5. The highest BCUT2D eigenvalue weighted by Gasteiger charge is 2.25. The Morgan fingerprint density at radius 1 is 1.21 bits per heavy atom. The van der Waals surface area contributed by atoms with Gasteiger partial charge in [0.2, 0.25) is 5.91 Å². The molecule has 0 fully saturated rings. The van der Waals surface area contributed by atoms with Gasteiger partial charge in [-0.05, 0) is 42.5 Å². The molecule has 1 atom stereocenters. The molecule has 0 saturated carbocycles. The predicted octanol–water partition coefficient (Wildman–Crippen LogP) is 5.80. The number of nitrogens with one attached hydrogen (secondary N) is 1. The Balaban J connectivity index is 1.89. The van der Waals surface area contributed by atoms with E-state index >= 15 is 4.39 Å². The number of halogens is 2. The summed E-state index contributed by atoms with van der Waals surface area (Å²) in [6, 6.07) is 11.1. The number of ether oxygens (including phenoxy) is 1. The lowest BCUT2D eigenvalue weighted by Gasteiger charge is -2.18. The Labute approximate surface area is 235 Å². The molecule has 8 nitrogen and oxygen atoms in total. The van der Waals surface area contributed by atoms with E-state index in [0.29, 0.717) is 28.8 Å². The number of nitrogens with zero attached hydrogens (tertiary/aromatic N) is 2. The number of carboxylic acids is 1. The third kappa shape index (κ3) is 7.83. The summed E-state index contributed by atoms with van der Waals surface area (Å²) >= 11 is 7.39. The maximum atomic E-state index is 15.3. The smallest absolute Gasteiger partial charge is 0.336 e. The molecule has 3 aromatic rings. The molecule has 0 aliphatic heterocycles. The highest BCUT2D eigenvalue weighted by Crippen LogP contribution is 2.29. The van der Waals surface area contributed by atoms with Crippen LogP contribution < -0.4 is 10.1 Å². The number of hydrogen-bond donors (Lipinski definition) is 2. The van der Waals surface area contributed by atoms with Gasteiger partial charge in [-0.15, -0.1) is 0 Å². The number of imidazole rings is 1. The third-order valence-electron chi connectivity index (χ3n) is 5.83. The molecule has 0 unspecified atom stereocenters. The minimum atomic E-state index is -1.10. The second-order valence-corrected chi connectivity index (χ2v) is 11.0. The standard InChI is InChI=1S/C28H31ClFN3O5S/c1-5-38-28-32-25(29)23(14-31-26(35)24(12-16(2)3)39-17(4)34)33(28)15-19-11-10-18(13-22(19)30)20-8-6-7-9-21(20)27(36)37/h6-11,13,16,24H,5,12,14-15H2,1-4H3,(H,31,35)(H,36,37)/t24-/m0/s1. The van der Waals surface area contributed by atoms with Crippen LogP contribution >= 0.6 is 23.4 Å². The lowest BCUT2D eigenvalue weighted by atomic mass is 9.98. The van der Waals surface area contributed by atoms with Crippen molar-refractivity contribution in [3.05, 3.63) is 70.3 Å². The molecular formula is C28H31ClFN3O5S. The van der Waals surface area contributed by atoms with Gasteiger partial charge < -0.3 is 15.2 Å². The Bertz CT molecular complexity index is 1360. The fourth-order valence-electron chi connectivity index (χ4n) is 4.06. The van der Waals surface area contributed by atoms with Crippen molar-refractivity contribution >= 4 is 40.4 Å². The minimum Gasteiger partial charge on any atom is -0.478 e. The average molecular weight is 576 g/mol. The SMILES string of the molecule is CCOc1nc(Cl)c(CNC(=O)[C@H](CC(C)C)SC(C)=O)n1Cc1ccc(-c2ccccc2C(=O)O)cc1F. The lowest BCUT2D eigenvalue weighted by molar-refractivity contribution is -0.121. The van der Waals surface area contributed by atoms with Crippen molar-refractivity contribution < 1.29 is 28.6 Å². The van der Waals surface area contributed by atoms with E-state index in [1.165, 1.54) is 19.1 Å². The zero-order valence-corrected chi connectivity index (χ0v) is 23.7. The van der Waals surface area contributed by atoms with Gasteiger partial charge in [-0.25, -0.2) is 9.18 Å². The number of aromatic carboxylic acids is 1. The zero-order valence-electron chi connectivity index (χ0n) is 22.2. The van der Waals surface area contributed by atoms with Crippen LogP contribution in [0.3, 0.4) is 0 Å². The summed E-state index contributed by atoms with van der Waals surface area (Å²) in [7, 11) is 0. The molecule has 1 amide bonds. The predicted molar refractivity (Wildman–Crippen MR) is 150 cm³/mol. The highest BCUT2D eigenvalue weighted by molar-refractivity contribution is 8.14. The quantitative estimate of drug-likeness (QED) is 0.281. The van der Waals surface area contributed by atoms with Crippen LogP contribution in [0.25, 0.3) is 11.1 Å². The van der Waals surface area contributed by atoms with E-state index < -0.39 is 17.0 Å². The molecular weight excluding hydrogens is 545 g/mol. The number of thioether (sulfide) groups is 1. The molecule has 1 heterocycles. The number of rotatable bonds is 12. The van der Waals surface area contributed by atoms with Crippen molar-refractivity contribution in [2.75, 3.05) is 6.61 Å². The zero-order chi connectivity index (χ0) is 28.7. The van der Waals surface area contributed by atoms with Crippen LogP contribution in [0.15, 0.2) is 42.5 Å². The van der Waals surface area contributed by atoms with Crippen molar-refractivity contribution in [3.63, 3.8) is 0 Å². The van der Waals surface area contributed by atoms with E-state index in [2.05, 4.69) is 10.3 Å². The molecule has 0 aliphatic rings. The van der Waals surface area contributed by atoms with Crippen LogP contribution in [0.1, 0.15) is 55.7 Å². The topological polar surface area (TPSA) is 111 Å². The van der Waals surface area contributed by atoms with Gasteiger partial charge in [0, 0.05) is 12.5 Å². The molecule has 0 aliphatic carbocycles. The molecule has 3 rings (SSSR count). The third-order valence-corrected chi connectivity index (χ3v) is 7.15. The first-order valence-corrected chi connectivity index (χ1v) is 13.7. The second-order valence-electron chi connectivity index (χ2n) is 9.25. The monoisotopic (exact) mass is 575 g/mol. The summed E-state index contributed by atoms with van der Waals surface area (Å²) in [5.74, 6) is -1.75. The normalized spacial score (nSPS) is 11.9. The molecule has 11 heteroatoms. The number of carboxylic acid groups (broad SMARTS) is 1. The summed E-state index contributed by atoms with van der Waals surface area (Å²) < 4.78 is 22.5. The molecule has 1 aromatic heterocycles. The van der Waals surface area contributed by atoms with E-state index in [1.54, 1.807) is 41.8 Å². The van der Waals surface area contributed by atoms with Gasteiger partial charge >= 0.3 is 5.97 Å². The van der Waals surface area contributed by atoms with Crippen molar-refractivity contribution in [2.45, 2.75) is 52.5 Å². The van der Waals surface area contributed by atoms with Crippen LogP contribution in [0.2, 0.25) is 5.15 Å². The number of amides is 1. The maximum absolute atomic E-state index is 15.3. The number of carbonyl (C=O) groups excluding carboxylic acids is 2. The van der Waals surface area contributed by atoms with Crippen molar-refractivity contribution in [3.8, 4) is 17.1 Å². The van der Waals surface area contributed by atoms with Crippen LogP contribution in [0.4, 0.5) is 4.39 Å². The summed E-state index contributed by atoms with van der Waals surface area (Å²) in [4.78, 5) is 40.4. The summed E-state index contributed by atoms with van der Waals surface area (Å²) in [6.45, 7) is 7.44. The van der Waals surface area contributed by atoms with Crippen LogP contribution in [0, 0.1) is 11.7 Å². The fourth-order valence-corrected chi connectivity index (χ4v) is 5.38. The second kappa shape index (κ2) is 13.6. The van der Waals surface area contributed by atoms with Crippen molar-refractivity contribution in [1.82, 2.24) is 14.9 Å². The summed E-state index contributed by atoms with van der Waals surface area (Å²) in [5, 5.41) is 11.7. The van der Waals surface area contributed by atoms with E-state index in [1.807, 2.05) is 13.8 Å². The number of hydrogen-bond acceptors (Lipinski definition) is 6. The first-order chi connectivity index (χ1) is 18.5. The van der Waals surface area contributed by atoms with Gasteiger partial charge in [-0.3, -0.25) is 14.2 Å². The van der Waals surface area contributed by atoms with E-state index in [9.17, 15) is 19.5 Å². The minimum absolute atomic E-state index is 0.00348. The molecule has 2 aromatic carbocycles. The molecule has 2 N–H and O–H groups in total. The molecule has 0 radical (unpaired) electrons. The van der Waals surface area contributed by atoms with Crippen LogP contribution in [-0.2, 0) is 22.7 Å². The molecule has 0 saturated heterocycles. The van der Waals surface area contributed by atoms with Crippen molar-refractivity contribution in [2.24, 2.45) is 5.92 Å². The summed E-state index contributed by atoms with van der Waals surface area (Å²) in [5.41, 5.74) is 1.61. The first-order valence-electron chi connectivity index (χ1n) is 12.5. The van der Waals surface area contributed by atoms with Gasteiger partial charge in [0.05, 0.1) is 36.2 Å². The maximum Gasteiger partial charge on any atom is 0.336 e. The molecule has 0 bridgehead atoms. The van der Waals surface area contributed by atoms with Gasteiger partial charge in [-0.2, -0.15) is 4.98 Å². The van der Waals surface area contributed by atoms with E-state index in [4.69, 9.17) is 16.3 Å². The average Bonchev–Trinajstić information content (AvgIpc) is 3.16. The summed E-state index contributed by atoms with van der Waals surface area (Å²) in [6.07, 6.45) is 0.524. The Hall–Kier alpha value is -3.37. The molecule has 39 heavy (non-hydrogen) atoms. The number of carbonyl (C=O) groups is 3. The fraction of sp³-hybridized carbons (Fsp3) is 0.357. The highest BCUT2D eigenvalue weighted by atomic mass is 35.5.